The van der Waals surface area contributed by atoms with Crippen LogP contribution in [0.4, 0.5) is 0 Å². The van der Waals surface area contributed by atoms with Crippen molar-refractivity contribution in [2.24, 2.45) is 0 Å². The van der Waals surface area contributed by atoms with Gasteiger partial charge in [-0.3, -0.25) is 0 Å². The second kappa shape index (κ2) is 8.20. The third-order valence-electron chi connectivity index (χ3n) is 5.66. The third-order valence-corrected chi connectivity index (χ3v) is 5.66. The molecule has 2 heterocycles. The van der Waals surface area contributed by atoms with Gasteiger partial charge in [0.2, 0.25) is 0 Å². The van der Waals surface area contributed by atoms with Gasteiger partial charge in [-0.25, -0.2) is 4.79 Å². The van der Waals surface area contributed by atoms with Gasteiger partial charge in [-0.05, 0) is 60.5 Å². The highest BCUT2D eigenvalue weighted by atomic mass is 16.5. The minimum atomic E-state index is -0.369. The lowest BCUT2D eigenvalue weighted by molar-refractivity contribution is 0.0468. The Morgan fingerprint density at radius 2 is 1.73 bits per heavy atom. The number of hydrogen-bond donors (Lipinski definition) is 2. The monoisotopic (exact) mass is 400 g/mol. The van der Waals surface area contributed by atoms with Crippen LogP contribution in [0.3, 0.4) is 0 Å². The molecule has 4 aromatic rings. The maximum Gasteiger partial charge on any atom is 0.355 e. The Kier molecular flexibility index (Phi) is 5.11. The molecule has 5 nitrogen and oxygen atoms in total. The van der Waals surface area contributed by atoms with Gasteiger partial charge >= 0.3 is 5.97 Å². The fourth-order valence-corrected chi connectivity index (χ4v) is 4.07. The number of rotatable bonds is 5. The molecule has 0 saturated carbocycles. The maximum absolute atomic E-state index is 12.7. The van der Waals surface area contributed by atoms with Crippen LogP contribution in [0.2, 0.25) is 0 Å². The molecule has 5 rings (SSSR count). The molecule has 0 spiro atoms. The Morgan fingerprint density at radius 1 is 0.933 bits per heavy atom. The zero-order valence-electron chi connectivity index (χ0n) is 16.7. The largest absolute Gasteiger partial charge is 0.490 e. The fraction of sp³-hybridized carbons (Fsp3) is 0.240. The van der Waals surface area contributed by atoms with E-state index in [0.29, 0.717) is 5.69 Å². The fourth-order valence-electron chi connectivity index (χ4n) is 4.07. The van der Waals surface area contributed by atoms with Crippen molar-refractivity contribution >= 4 is 27.6 Å². The maximum atomic E-state index is 12.7. The number of nitrogens with one attached hydrogen (secondary N) is 2. The van der Waals surface area contributed by atoms with Crippen molar-refractivity contribution in [3.05, 3.63) is 78.0 Å². The molecular weight excluding hydrogens is 376 g/mol. The summed E-state index contributed by atoms with van der Waals surface area (Å²) in [6.07, 6.45) is 2.18. The van der Waals surface area contributed by atoms with Gasteiger partial charge in [-0.15, -0.1) is 0 Å². The normalized spacial score (nSPS) is 14.8. The van der Waals surface area contributed by atoms with Crippen LogP contribution in [0.5, 0.6) is 5.75 Å². The summed E-state index contributed by atoms with van der Waals surface area (Å²) in [7, 11) is 0. The molecule has 5 heteroatoms. The van der Waals surface area contributed by atoms with E-state index in [1.165, 1.54) is 0 Å². The molecule has 0 amide bonds. The van der Waals surface area contributed by atoms with Crippen LogP contribution >= 0.6 is 0 Å². The first kappa shape index (κ1) is 18.7. The van der Waals surface area contributed by atoms with Gasteiger partial charge in [0.15, 0.2) is 0 Å². The molecule has 1 aliphatic heterocycles. The number of carbonyl (C=O) groups excluding carboxylic acids is 1. The van der Waals surface area contributed by atoms with Gasteiger partial charge in [0.25, 0.3) is 0 Å². The standard InChI is InChI=1S/C25H24N2O3/c28-25(29-16-18-7-3-6-17-5-1-2-8-20(17)18)23-15-21-22(27-23)9-4-10-24(21)30-19-11-13-26-14-12-19/h1-10,15,19,26-27H,11-14,16H2. The molecule has 0 unspecified atom stereocenters. The summed E-state index contributed by atoms with van der Waals surface area (Å²) in [4.78, 5) is 15.9. The summed E-state index contributed by atoms with van der Waals surface area (Å²) in [5, 5.41) is 6.49. The number of fused-ring (bicyclic) bond motifs is 2. The summed E-state index contributed by atoms with van der Waals surface area (Å²) in [5.41, 5.74) is 2.30. The van der Waals surface area contributed by atoms with E-state index < -0.39 is 0 Å². The van der Waals surface area contributed by atoms with E-state index in [1.54, 1.807) is 0 Å². The van der Waals surface area contributed by atoms with Crippen LogP contribution in [0.15, 0.2) is 66.7 Å². The van der Waals surface area contributed by atoms with E-state index in [4.69, 9.17) is 9.47 Å². The lowest BCUT2D eigenvalue weighted by Crippen LogP contribution is -2.34. The molecule has 152 valence electrons. The van der Waals surface area contributed by atoms with Crippen LogP contribution in [-0.4, -0.2) is 30.1 Å². The highest BCUT2D eigenvalue weighted by Gasteiger charge is 2.18. The van der Waals surface area contributed by atoms with Crippen molar-refractivity contribution in [3.8, 4) is 5.75 Å². The van der Waals surface area contributed by atoms with Gasteiger partial charge in [-0.1, -0.05) is 48.5 Å². The predicted molar refractivity (Wildman–Crippen MR) is 118 cm³/mol. The molecule has 30 heavy (non-hydrogen) atoms. The van der Waals surface area contributed by atoms with Crippen molar-refractivity contribution < 1.29 is 14.3 Å². The molecule has 2 N–H and O–H groups in total. The SMILES string of the molecule is O=C(OCc1cccc2ccccc12)c1cc2c(OC3CCNCC3)cccc2[nH]1. The topological polar surface area (TPSA) is 63.4 Å². The number of aromatic nitrogens is 1. The first-order chi connectivity index (χ1) is 14.8. The highest BCUT2D eigenvalue weighted by Crippen LogP contribution is 2.29. The molecule has 0 aliphatic carbocycles. The van der Waals surface area contributed by atoms with E-state index in [2.05, 4.69) is 22.4 Å². The van der Waals surface area contributed by atoms with Gasteiger partial charge in [0.05, 0.1) is 0 Å². The van der Waals surface area contributed by atoms with Crippen LogP contribution in [-0.2, 0) is 11.3 Å². The smallest absolute Gasteiger partial charge is 0.355 e. The minimum absolute atomic E-state index is 0.202. The van der Waals surface area contributed by atoms with Crippen LogP contribution in [0, 0.1) is 0 Å². The average Bonchev–Trinajstić information content (AvgIpc) is 3.24. The second-order valence-electron chi connectivity index (χ2n) is 7.68. The van der Waals surface area contributed by atoms with Crippen LogP contribution < -0.4 is 10.1 Å². The lowest BCUT2D eigenvalue weighted by Gasteiger charge is -2.24. The van der Waals surface area contributed by atoms with E-state index in [-0.39, 0.29) is 18.7 Å². The number of piperidine rings is 1. The predicted octanol–water partition coefficient (Wildman–Crippen LogP) is 4.81. The zero-order valence-corrected chi connectivity index (χ0v) is 16.7. The molecule has 3 aromatic carbocycles. The number of hydrogen-bond acceptors (Lipinski definition) is 4. The molecule has 1 aromatic heterocycles. The Balaban J connectivity index is 1.34. The first-order valence-corrected chi connectivity index (χ1v) is 10.4. The third kappa shape index (κ3) is 3.76. The van der Waals surface area contributed by atoms with Gasteiger partial charge in [0.1, 0.15) is 24.2 Å². The summed E-state index contributed by atoms with van der Waals surface area (Å²) in [6.45, 7) is 2.17. The van der Waals surface area contributed by atoms with Gasteiger partial charge in [-0.2, -0.15) is 0 Å². The van der Waals surface area contributed by atoms with E-state index >= 15 is 0 Å². The minimum Gasteiger partial charge on any atom is -0.490 e. The van der Waals surface area contributed by atoms with Crippen molar-refractivity contribution in [2.45, 2.75) is 25.6 Å². The van der Waals surface area contributed by atoms with Crippen molar-refractivity contribution in [1.29, 1.82) is 0 Å². The van der Waals surface area contributed by atoms with Crippen LogP contribution in [0.1, 0.15) is 28.9 Å². The van der Waals surface area contributed by atoms with Crippen LogP contribution in [0.25, 0.3) is 21.7 Å². The van der Waals surface area contributed by atoms with E-state index in [9.17, 15) is 4.79 Å². The molecule has 0 radical (unpaired) electrons. The van der Waals surface area contributed by atoms with Gasteiger partial charge < -0.3 is 19.8 Å². The van der Waals surface area contributed by atoms with Crippen molar-refractivity contribution in [2.75, 3.05) is 13.1 Å². The zero-order chi connectivity index (χ0) is 20.3. The van der Waals surface area contributed by atoms with E-state index in [0.717, 1.165) is 58.9 Å². The van der Waals surface area contributed by atoms with Crippen molar-refractivity contribution in [1.82, 2.24) is 10.3 Å². The summed E-state index contributed by atoms with van der Waals surface area (Å²) < 4.78 is 11.8. The van der Waals surface area contributed by atoms with Gasteiger partial charge in [0, 0.05) is 10.9 Å². The Hall–Kier alpha value is -3.31. The quantitative estimate of drug-likeness (QED) is 0.472. The van der Waals surface area contributed by atoms with E-state index in [1.807, 2.05) is 54.6 Å². The Bertz CT molecular complexity index is 1190. The average molecular weight is 400 g/mol. The molecule has 1 fully saturated rings. The summed E-state index contributed by atoms with van der Waals surface area (Å²) in [6, 6.07) is 21.8. The molecule has 1 saturated heterocycles. The molecule has 0 atom stereocenters. The molecule has 1 aliphatic rings. The number of carbonyl (C=O) groups is 1. The number of benzene rings is 3. The second-order valence-corrected chi connectivity index (χ2v) is 7.68. The molecule has 0 bridgehead atoms. The number of aromatic amines is 1. The lowest BCUT2D eigenvalue weighted by atomic mass is 10.1. The first-order valence-electron chi connectivity index (χ1n) is 10.4. The Morgan fingerprint density at radius 3 is 2.63 bits per heavy atom. The molecular formula is C25H24N2O3. The highest BCUT2D eigenvalue weighted by molar-refractivity contribution is 5.97. The number of esters is 1. The number of ether oxygens (including phenoxy) is 2. The summed E-state index contributed by atoms with van der Waals surface area (Å²) >= 11 is 0. The summed E-state index contributed by atoms with van der Waals surface area (Å²) in [5.74, 6) is 0.440. The Labute approximate surface area is 175 Å². The van der Waals surface area contributed by atoms with Crippen molar-refractivity contribution in [3.63, 3.8) is 0 Å². The number of H-pyrrole nitrogens is 1.